The normalized spacial score (nSPS) is 12.2. The Morgan fingerprint density at radius 3 is 2.47 bits per heavy atom. The largest absolute Gasteiger partial charge is 0.378 e. The van der Waals surface area contributed by atoms with Gasteiger partial charge in [-0.1, -0.05) is 52.7 Å². The van der Waals surface area contributed by atoms with Gasteiger partial charge in [0.1, 0.15) is 0 Å². The number of anilines is 1. The number of rotatable bonds is 4. The third-order valence-corrected chi connectivity index (χ3v) is 3.96. The van der Waals surface area contributed by atoms with Crippen LogP contribution in [0.25, 0.3) is 0 Å². The van der Waals surface area contributed by atoms with Gasteiger partial charge in [-0.25, -0.2) is 0 Å². The quantitative estimate of drug-likeness (QED) is 0.723. The molecule has 0 aliphatic carbocycles. The maximum Gasteiger partial charge on any atom is 0.0511 e. The van der Waals surface area contributed by atoms with Gasteiger partial charge in [-0.2, -0.15) is 0 Å². The van der Waals surface area contributed by atoms with Crippen molar-refractivity contribution in [1.29, 1.82) is 0 Å². The molecule has 0 saturated heterocycles. The maximum atomic E-state index is 5.94. The van der Waals surface area contributed by atoms with E-state index in [1.807, 2.05) is 12.1 Å². The summed E-state index contributed by atoms with van der Waals surface area (Å²) in [7, 11) is 0. The summed E-state index contributed by atoms with van der Waals surface area (Å²) in [5.41, 5.74) is 3.66. The number of hydrogen-bond donors (Lipinski definition) is 1. The summed E-state index contributed by atoms with van der Waals surface area (Å²) in [5.74, 6) is 0. The van der Waals surface area contributed by atoms with Gasteiger partial charge in [-0.3, -0.25) is 0 Å². The number of halogens is 2. The second-order valence-electron chi connectivity index (χ2n) is 4.62. The Kier molecular flexibility index (Phi) is 4.89. The topological polar surface area (TPSA) is 12.0 Å². The molecular weight excluding hydrogens is 322 g/mol. The van der Waals surface area contributed by atoms with Crippen molar-refractivity contribution in [3.05, 3.63) is 63.1 Å². The molecule has 1 N–H and O–H groups in total. The van der Waals surface area contributed by atoms with E-state index in [0.717, 1.165) is 21.6 Å². The standard InChI is InChI=1S/C16H17BrClN/c1-3-15(12-5-8-14(18)9-6-12)19-16-10-13(17)7-4-11(16)2/h4-10,15,19H,3H2,1-2H3. The van der Waals surface area contributed by atoms with E-state index in [9.17, 15) is 0 Å². The van der Waals surface area contributed by atoms with Crippen molar-refractivity contribution in [2.45, 2.75) is 26.3 Å². The third kappa shape index (κ3) is 3.74. The molecule has 100 valence electrons. The smallest absolute Gasteiger partial charge is 0.0511 e. The van der Waals surface area contributed by atoms with E-state index in [-0.39, 0.29) is 0 Å². The number of benzene rings is 2. The first-order valence-electron chi connectivity index (χ1n) is 6.38. The molecule has 0 amide bonds. The van der Waals surface area contributed by atoms with Crippen molar-refractivity contribution in [2.75, 3.05) is 5.32 Å². The van der Waals surface area contributed by atoms with Crippen molar-refractivity contribution in [2.24, 2.45) is 0 Å². The highest BCUT2D eigenvalue weighted by atomic mass is 79.9. The van der Waals surface area contributed by atoms with Gasteiger partial charge < -0.3 is 5.32 Å². The Labute approximate surface area is 128 Å². The SMILES string of the molecule is CCC(Nc1cc(Br)ccc1C)c1ccc(Cl)cc1. The summed E-state index contributed by atoms with van der Waals surface area (Å²) in [6, 6.07) is 14.6. The van der Waals surface area contributed by atoms with E-state index in [4.69, 9.17) is 11.6 Å². The second-order valence-corrected chi connectivity index (χ2v) is 5.97. The van der Waals surface area contributed by atoms with Crippen molar-refractivity contribution < 1.29 is 0 Å². The molecule has 3 heteroatoms. The fourth-order valence-electron chi connectivity index (χ4n) is 2.05. The molecule has 0 radical (unpaired) electrons. The van der Waals surface area contributed by atoms with Crippen molar-refractivity contribution in [3.63, 3.8) is 0 Å². The Balaban J connectivity index is 2.23. The molecule has 2 aromatic carbocycles. The molecule has 0 fully saturated rings. The lowest BCUT2D eigenvalue weighted by Crippen LogP contribution is -2.10. The van der Waals surface area contributed by atoms with Crippen LogP contribution in [0.3, 0.4) is 0 Å². The highest BCUT2D eigenvalue weighted by molar-refractivity contribution is 9.10. The van der Waals surface area contributed by atoms with Crippen LogP contribution >= 0.6 is 27.5 Å². The third-order valence-electron chi connectivity index (χ3n) is 3.21. The summed E-state index contributed by atoms with van der Waals surface area (Å²) < 4.78 is 1.09. The molecule has 19 heavy (non-hydrogen) atoms. The second kappa shape index (κ2) is 6.44. The molecule has 0 aliphatic heterocycles. The van der Waals surface area contributed by atoms with E-state index in [0.29, 0.717) is 6.04 Å². The Morgan fingerprint density at radius 1 is 1.16 bits per heavy atom. The minimum Gasteiger partial charge on any atom is -0.378 e. The summed E-state index contributed by atoms with van der Waals surface area (Å²) in [4.78, 5) is 0. The summed E-state index contributed by atoms with van der Waals surface area (Å²) in [6.45, 7) is 4.29. The van der Waals surface area contributed by atoms with Crippen LogP contribution in [0.5, 0.6) is 0 Å². The van der Waals surface area contributed by atoms with Crippen molar-refractivity contribution in [3.8, 4) is 0 Å². The van der Waals surface area contributed by atoms with Gasteiger partial charge in [0.2, 0.25) is 0 Å². The first-order chi connectivity index (χ1) is 9.10. The zero-order valence-electron chi connectivity index (χ0n) is 11.1. The highest BCUT2D eigenvalue weighted by Gasteiger charge is 2.10. The lowest BCUT2D eigenvalue weighted by Gasteiger charge is -2.20. The van der Waals surface area contributed by atoms with Crippen LogP contribution in [-0.4, -0.2) is 0 Å². The lowest BCUT2D eigenvalue weighted by atomic mass is 10.0. The molecule has 2 rings (SSSR count). The minimum atomic E-state index is 0.297. The van der Waals surface area contributed by atoms with E-state index >= 15 is 0 Å². The molecule has 1 unspecified atom stereocenters. The van der Waals surface area contributed by atoms with Crippen LogP contribution < -0.4 is 5.32 Å². The molecule has 0 spiro atoms. The Bertz CT molecular complexity index is 551. The van der Waals surface area contributed by atoms with Crippen LogP contribution in [0.2, 0.25) is 5.02 Å². The first kappa shape index (κ1) is 14.4. The lowest BCUT2D eigenvalue weighted by molar-refractivity contribution is 0.748. The van der Waals surface area contributed by atoms with Gasteiger partial charge in [-0.15, -0.1) is 0 Å². The fraction of sp³-hybridized carbons (Fsp3) is 0.250. The van der Waals surface area contributed by atoms with Crippen molar-refractivity contribution in [1.82, 2.24) is 0 Å². The summed E-state index contributed by atoms with van der Waals surface area (Å²) in [5, 5.41) is 4.38. The van der Waals surface area contributed by atoms with Crippen LogP contribution in [0, 0.1) is 6.92 Å². The molecular formula is C16H17BrClN. The van der Waals surface area contributed by atoms with Crippen LogP contribution in [0.15, 0.2) is 46.9 Å². The van der Waals surface area contributed by atoms with Gasteiger partial charge >= 0.3 is 0 Å². The first-order valence-corrected chi connectivity index (χ1v) is 7.55. The molecule has 2 aromatic rings. The molecule has 0 aliphatic rings. The minimum absolute atomic E-state index is 0.297. The Morgan fingerprint density at radius 2 is 1.84 bits per heavy atom. The van der Waals surface area contributed by atoms with E-state index in [1.54, 1.807) is 0 Å². The molecule has 0 saturated carbocycles. The number of hydrogen-bond acceptors (Lipinski definition) is 1. The summed E-state index contributed by atoms with van der Waals surface area (Å²) >= 11 is 9.46. The predicted molar refractivity (Wildman–Crippen MR) is 87.0 cm³/mol. The zero-order valence-corrected chi connectivity index (χ0v) is 13.4. The molecule has 1 atom stereocenters. The van der Waals surface area contributed by atoms with E-state index in [1.165, 1.54) is 11.1 Å². The fourth-order valence-corrected chi connectivity index (χ4v) is 2.54. The average molecular weight is 339 g/mol. The van der Waals surface area contributed by atoms with Crippen molar-refractivity contribution >= 4 is 33.2 Å². The molecule has 0 aromatic heterocycles. The zero-order chi connectivity index (χ0) is 13.8. The maximum absolute atomic E-state index is 5.94. The van der Waals surface area contributed by atoms with Gasteiger partial charge in [0.05, 0.1) is 6.04 Å². The monoisotopic (exact) mass is 337 g/mol. The van der Waals surface area contributed by atoms with Gasteiger partial charge in [-0.05, 0) is 48.7 Å². The van der Waals surface area contributed by atoms with Gasteiger partial charge in [0.15, 0.2) is 0 Å². The van der Waals surface area contributed by atoms with Crippen LogP contribution in [-0.2, 0) is 0 Å². The molecule has 0 heterocycles. The van der Waals surface area contributed by atoms with E-state index in [2.05, 4.69) is 65.4 Å². The number of aryl methyl sites for hydroxylation is 1. The highest BCUT2D eigenvalue weighted by Crippen LogP contribution is 2.27. The van der Waals surface area contributed by atoms with Crippen LogP contribution in [0.4, 0.5) is 5.69 Å². The summed E-state index contributed by atoms with van der Waals surface area (Å²) in [6.07, 6.45) is 1.02. The van der Waals surface area contributed by atoms with E-state index < -0.39 is 0 Å². The average Bonchev–Trinajstić information content (AvgIpc) is 2.41. The molecule has 1 nitrogen and oxygen atoms in total. The Hall–Kier alpha value is -0.990. The molecule has 0 bridgehead atoms. The van der Waals surface area contributed by atoms with Gasteiger partial charge in [0.25, 0.3) is 0 Å². The van der Waals surface area contributed by atoms with Gasteiger partial charge in [0, 0.05) is 15.2 Å². The predicted octanol–water partition coefficient (Wildman–Crippen LogP) is 5.97. The number of nitrogens with one attached hydrogen (secondary N) is 1. The van der Waals surface area contributed by atoms with Crippen LogP contribution in [0.1, 0.15) is 30.5 Å².